The van der Waals surface area contributed by atoms with Gasteiger partial charge in [-0.15, -0.1) is 0 Å². The third kappa shape index (κ3) is 2.38. The molecule has 3 atom stereocenters. The average molecular weight is 164 g/mol. The molecule has 1 aliphatic heterocycles. The second kappa shape index (κ2) is 3.97. The zero-order valence-corrected chi connectivity index (χ0v) is 6.61. The summed E-state index contributed by atoms with van der Waals surface area (Å²) in [6.07, 6.45) is -1.66. The van der Waals surface area contributed by atoms with E-state index in [1.807, 2.05) is 0 Å². The molecule has 4 heteroatoms. The minimum Gasteiger partial charge on any atom is -0.319 e. The Hall–Kier alpha value is -0.220. The largest absolute Gasteiger partial charge is 0.319 e. The number of rotatable bonds is 2. The van der Waals surface area contributed by atoms with Crippen molar-refractivity contribution in [3.63, 3.8) is 0 Å². The molecule has 1 heterocycles. The molecule has 0 aromatic carbocycles. The molecule has 0 aliphatic carbocycles. The van der Waals surface area contributed by atoms with Crippen LogP contribution in [0.25, 0.3) is 0 Å². The lowest BCUT2D eigenvalue weighted by molar-refractivity contribution is 0.0963. The van der Waals surface area contributed by atoms with Crippen molar-refractivity contribution in [2.45, 2.75) is 18.9 Å². The van der Waals surface area contributed by atoms with Gasteiger partial charge in [-0.2, -0.15) is 0 Å². The Labute approximate surface area is 65.4 Å². The summed E-state index contributed by atoms with van der Waals surface area (Å²) in [6.45, 7) is 0.705. The Morgan fingerprint density at radius 1 is 1.55 bits per heavy atom. The van der Waals surface area contributed by atoms with E-state index < -0.39 is 12.5 Å². The van der Waals surface area contributed by atoms with Crippen LogP contribution in [0.2, 0.25) is 0 Å². The summed E-state index contributed by atoms with van der Waals surface area (Å²) >= 11 is 0. The second-order valence-electron chi connectivity index (χ2n) is 2.95. The molecule has 3 unspecified atom stereocenters. The molecule has 0 spiro atoms. The van der Waals surface area contributed by atoms with Gasteiger partial charge in [0.1, 0.15) is 6.17 Å². The van der Waals surface area contributed by atoms with Gasteiger partial charge in [0.25, 0.3) is 0 Å². The van der Waals surface area contributed by atoms with Crippen molar-refractivity contribution in [2.24, 2.45) is 5.92 Å². The zero-order valence-electron chi connectivity index (χ0n) is 6.61. The van der Waals surface area contributed by atoms with E-state index in [1.54, 1.807) is 7.05 Å². The highest BCUT2D eigenvalue weighted by Crippen LogP contribution is 2.18. The molecule has 1 rings (SSSR count). The van der Waals surface area contributed by atoms with E-state index in [2.05, 4.69) is 10.6 Å². The van der Waals surface area contributed by atoms with Gasteiger partial charge in [0.2, 0.25) is 0 Å². The van der Waals surface area contributed by atoms with Crippen LogP contribution in [-0.2, 0) is 0 Å². The standard InChI is InChI=1S/C7H14F2N2/c1-10-3-5-2-7(9)11-4-6(5)8/h5-7,10-11H,2-4H2,1H3. The lowest BCUT2D eigenvalue weighted by atomic mass is 9.95. The van der Waals surface area contributed by atoms with Gasteiger partial charge in [-0.25, -0.2) is 8.78 Å². The molecule has 2 N–H and O–H groups in total. The molecule has 0 saturated carbocycles. The summed E-state index contributed by atoms with van der Waals surface area (Å²) < 4.78 is 25.6. The Bertz CT molecular complexity index is 121. The van der Waals surface area contributed by atoms with E-state index in [4.69, 9.17) is 0 Å². The molecule has 66 valence electrons. The number of alkyl halides is 2. The first kappa shape index (κ1) is 8.87. The van der Waals surface area contributed by atoms with Gasteiger partial charge in [0, 0.05) is 19.0 Å². The van der Waals surface area contributed by atoms with Crippen LogP contribution >= 0.6 is 0 Å². The van der Waals surface area contributed by atoms with Crippen molar-refractivity contribution in [3.8, 4) is 0 Å². The predicted molar refractivity (Wildman–Crippen MR) is 39.8 cm³/mol. The van der Waals surface area contributed by atoms with Crippen LogP contribution < -0.4 is 10.6 Å². The summed E-state index contributed by atoms with van der Waals surface area (Å²) in [6, 6.07) is 0. The highest BCUT2D eigenvalue weighted by atomic mass is 19.1. The van der Waals surface area contributed by atoms with Gasteiger partial charge >= 0.3 is 0 Å². The van der Waals surface area contributed by atoms with Gasteiger partial charge in [-0.3, -0.25) is 5.32 Å². The Morgan fingerprint density at radius 2 is 2.27 bits per heavy atom. The summed E-state index contributed by atoms with van der Waals surface area (Å²) in [4.78, 5) is 0. The van der Waals surface area contributed by atoms with Crippen molar-refractivity contribution < 1.29 is 8.78 Å². The number of hydrogen-bond acceptors (Lipinski definition) is 2. The SMILES string of the molecule is CNCC1CC(F)NCC1F. The Balaban J connectivity index is 2.34. The third-order valence-corrected chi connectivity index (χ3v) is 2.02. The molecular formula is C7H14F2N2. The summed E-state index contributed by atoms with van der Waals surface area (Å²) in [5.41, 5.74) is 0. The normalized spacial score (nSPS) is 39.0. The maximum absolute atomic E-state index is 12.9. The van der Waals surface area contributed by atoms with Crippen molar-refractivity contribution >= 4 is 0 Å². The molecule has 0 aromatic rings. The minimum atomic E-state index is -1.03. The monoisotopic (exact) mass is 164 g/mol. The lowest BCUT2D eigenvalue weighted by Gasteiger charge is -2.28. The van der Waals surface area contributed by atoms with Crippen LogP contribution in [-0.4, -0.2) is 32.6 Å². The van der Waals surface area contributed by atoms with Crippen LogP contribution in [0.1, 0.15) is 6.42 Å². The molecule has 1 aliphatic rings. The molecule has 0 radical (unpaired) electrons. The maximum Gasteiger partial charge on any atom is 0.151 e. The van der Waals surface area contributed by atoms with Crippen LogP contribution in [0.15, 0.2) is 0 Å². The highest BCUT2D eigenvalue weighted by Gasteiger charge is 2.29. The van der Waals surface area contributed by atoms with Crippen molar-refractivity contribution in [2.75, 3.05) is 20.1 Å². The average Bonchev–Trinajstić information content (AvgIpc) is 1.98. The number of halogens is 2. The number of nitrogens with one attached hydrogen (secondary N) is 2. The lowest BCUT2D eigenvalue weighted by Crippen LogP contribution is -2.45. The summed E-state index contributed by atoms with van der Waals surface area (Å²) in [5, 5.41) is 5.30. The molecule has 11 heavy (non-hydrogen) atoms. The molecule has 0 amide bonds. The topological polar surface area (TPSA) is 24.1 Å². The van der Waals surface area contributed by atoms with Crippen molar-refractivity contribution in [3.05, 3.63) is 0 Å². The molecule has 0 bridgehead atoms. The van der Waals surface area contributed by atoms with E-state index in [-0.39, 0.29) is 18.9 Å². The number of piperidine rings is 1. The molecular weight excluding hydrogens is 150 g/mol. The fourth-order valence-corrected chi connectivity index (χ4v) is 1.38. The van der Waals surface area contributed by atoms with Gasteiger partial charge < -0.3 is 5.32 Å². The zero-order chi connectivity index (χ0) is 8.27. The quantitative estimate of drug-likeness (QED) is 0.579. The molecule has 1 saturated heterocycles. The maximum atomic E-state index is 12.9. The van der Waals surface area contributed by atoms with E-state index in [0.29, 0.717) is 6.54 Å². The third-order valence-electron chi connectivity index (χ3n) is 2.02. The van der Waals surface area contributed by atoms with E-state index in [9.17, 15) is 8.78 Å². The van der Waals surface area contributed by atoms with E-state index >= 15 is 0 Å². The second-order valence-corrected chi connectivity index (χ2v) is 2.95. The first-order valence-electron chi connectivity index (χ1n) is 3.90. The predicted octanol–water partition coefficient (Wildman–Crippen LogP) is 0.449. The highest BCUT2D eigenvalue weighted by molar-refractivity contribution is 4.80. The van der Waals surface area contributed by atoms with Gasteiger partial charge in [-0.1, -0.05) is 0 Å². The van der Waals surface area contributed by atoms with Crippen LogP contribution in [0.3, 0.4) is 0 Å². The Kier molecular flexibility index (Phi) is 3.20. The van der Waals surface area contributed by atoms with Crippen LogP contribution in [0.4, 0.5) is 8.78 Å². The van der Waals surface area contributed by atoms with Crippen LogP contribution in [0, 0.1) is 5.92 Å². The fraction of sp³-hybridized carbons (Fsp3) is 1.00. The van der Waals surface area contributed by atoms with E-state index in [1.165, 1.54) is 0 Å². The van der Waals surface area contributed by atoms with Gasteiger partial charge in [-0.05, 0) is 13.5 Å². The first-order chi connectivity index (χ1) is 5.24. The molecule has 0 aromatic heterocycles. The van der Waals surface area contributed by atoms with Gasteiger partial charge in [0.15, 0.2) is 6.30 Å². The Morgan fingerprint density at radius 3 is 2.91 bits per heavy atom. The fourth-order valence-electron chi connectivity index (χ4n) is 1.38. The van der Waals surface area contributed by atoms with E-state index in [0.717, 1.165) is 0 Å². The smallest absolute Gasteiger partial charge is 0.151 e. The molecule has 2 nitrogen and oxygen atoms in total. The first-order valence-corrected chi connectivity index (χ1v) is 3.90. The van der Waals surface area contributed by atoms with Crippen LogP contribution in [0.5, 0.6) is 0 Å². The molecule has 1 fully saturated rings. The summed E-state index contributed by atoms with van der Waals surface area (Å²) in [5.74, 6) is -0.170. The minimum absolute atomic E-state index is 0.146. The number of hydrogen-bond donors (Lipinski definition) is 2. The van der Waals surface area contributed by atoms with Crippen molar-refractivity contribution in [1.82, 2.24) is 10.6 Å². The van der Waals surface area contributed by atoms with Crippen molar-refractivity contribution in [1.29, 1.82) is 0 Å². The van der Waals surface area contributed by atoms with Gasteiger partial charge in [0.05, 0.1) is 0 Å². The summed E-state index contributed by atoms with van der Waals surface area (Å²) in [7, 11) is 1.75.